The summed E-state index contributed by atoms with van der Waals surface area (Å²) in [6, 6.07) is 2.14. The molecule has 1 heterocycles. The smallest absolute Gasteiger partial charge is 0.139 e. The highest BCUT2D eigenvalue weighted by Gasteiger charge is 2.31. The number of fused-ring (bicyclic) bond motifs is 1. The Labute approximate surface area is 126 Å². The van der Waals surface area contributed by atoms with Crippen LogP contribution >= 0.6 is 0 Å². The Morgan fingerprint density at radius 3 is 2.43 bits per heavy atom. The van der Waals surface area contributed by atoms with Crippen LogP contribution in [0.4, 0.5) is 5.82 Å². The first-order valence-electron chi connectivity index (χ1n) is 8.33. The number of pyridine rings is 1. The van der Waals surface area contributed by atoms with Crippen LogP contribution in [0.15, 0.2) is 6.07 Å². The fourth-order valence-corrected chi connectivity index (χ4v) is 3.37. The lowest BCUT2D eigenvalue weighted by molar-refractivity contribution is 0.669. The molecule has 0 spiro atoms. The lowest BCUT2D eigenvalue weighted by Crippen LogP contribution is -2.32. The first-order valence-corrected chi connectivity index (χ1v) is 8.33. The van der Waals surface area contributed by atoms with Gasteiger partial charge in [-0.2, -0.15) is 0 Å². The van der Waals surface area contributed by atoms with Gasteiger partial charge in [0.1, 0.15) is 11.7 Å². The number of aryl methyl sites for hydroxylation is 2. The largest absolute Gasteiger partial charge is 0.384 e. The van der Waals surface area contributed by atoms with E-state index in [-0.39, 0.29) is 5.84 Å². The molecular weight excluding hydrogens is 260 g/mol. The summed E-state index contributed by atoms with van der Waals surface area (Å²) < 4.78 is 0. The SMILES string of the molecule is N=C(N)c1cc2c(nc1N(CC1CC1)CC1CC1)CCC2. The second kappa shape index (κ2) is 5.00. The van der Waals surface area contributed by atoms with Crippen LogP contribution in [0.1, 0.15) is 48.9 Å². The number of anilines is 1. The molecular formula is C17H24N4. The first kappa shape index (κ1) is 13.1. The van der Waals surface area contributed by atoms with Crippen molar-refractivity contribution in [3.8, 4) is 0 Å². The van der Waals surface area contributed by atoms with Crippen molar-refractivity contribution in [3.63, 3.8) is 0 Å². The number of hydrogen-bond donors (Lipinski definition) is 2. The molecule has 0 saturated heterocycles. The average Bonchev–Trinajstić information content (AvgIpc) is 3.38. The van der Waals surface area contributed by atoms with Crippen molar-refractivity contribution in [2.24, 2.45) is 17.6 Å². The quantitative estimate of drug-likeness (QED) is 0.623. The van der Waals surface area contributed by atoms with Gasteiger partial charge in [-0.15, -0.1) is 0 Å². The minimum absolute atomic E-state index is 0.170. The highest BCUT2D eigenvalue weighted by Crippen LogP contribution is 2.37. The number of nitrogen functional groups attached to an aromatic ring is 1. The van der Waals surface area contributed by atoms with E-state index in [4.69, 9.17) is 16.1 Å². The molecule has 21 heavy (non-hydrogen) atoms. The Balaban J connectivity index is 1.70. The van der Waals surface area contributed by atoms with Gasteiger partial charge in [0, 0.05) is 18.8 Å². The maximum absolute atomic E-state index is 7.94. The molecule has 0 atom stereocenters. The van der Waals surface area contributed by atoms with Crippen molar-refractivity contribution in [2.75, 3.05) is 18.0 Å². The summed E-state index contributed by atoms with van der Waals surface area (Å²) in [5, 5.41) is 7.94. The Bertz CT molecular complexity index is 558. The Morgan fingerprint density at radius 1 is 1.19 bits per heavy atom. The molecule has 4 nitrogen and oxygen atoms in total. The highest BCUT2D eigenvalue weighted by molar-refractivity contribution is 6.00. The molecule has 2 saturated carbocycles. The van der Waals surface area contributed by atoms with E-state index in [0.717, 1.165) is 49.1 Å². The molecule has 1 aromatic heterocycles. The summed E-state index contributed by atoms with van der Waals surface area (Å²) in [4.78, 5) is 7.38. The zero-order valence-corrected chi connectivity index (χ0v) is 12.6. The van der Waals surface area contributed by atoms with E-state index in [2.05, 4.69) is 11.0 Å². The molecule has 1 aromatic rings. The number of aromatic nitrogens is 1. The van der Waals surface area contributed by atoms with Gasteiger partial charge in [0.05, 0.1) is 5.56 Å². The highest BCUT2D eigenvalue weighted by atomic mass is 15.2. The van der Waals surface area contributed by atoms with Crippen LogP contribution in [0.5, 0.6) is 0 Å². The molecule has 0 radical (unpaired) electrons. The number of nitrogens with two attached hydrogens (primary N) is 1. The average molecular weight is 284 g/mol. The predicted octanol–water partition coefficient (Wildman–Crippen LogP) is 2.48. The molecule has 0 bridgehead atoms. The minimum Gasteiger partial charge on any atom is -0.384 e. The van der Waals surface area contributed by atoms with E-state index in [1.54, 1.807) is 0 Å². The van der Waals surface area contributed by atoms with Crippen LogP contribution in [0.3, 0.4) is 0 Å². The number of amidine groups is 1. The van der Waals surface area contributed by atoms with Crippen LogP contribution in [-0.2, 0) is 12.8 Å². The van der Waals surface area contributed by atoms with Crippen molar-refractivity contribution in [3.05, 3.63) is 22.9 Å². The third-order valence-electron chi connectivity index (χ3n) is 4.97. The fourth-order valence-electron chi connectivity index (χ4n) is 3.37. The lowest BCUT2D eigenvalue weighted by atomic mass is 10.1. The fraction of sp³-hybridized carbons (Fsp3) is 0.647. The summed E-state index contributed by atoms with van der Waals surface area (Å²) in [5.41, 5.74) is 9.26. The number of nitrogens with zero attached hydrogens (tertiary/aromatic N) is 2. The van der Waals surface area contributed by atoms with Gasteiger partial charge in [0.2, 0.25) is 0 Å². The van der Waals surface area contributed by atoms with Gasteiger partial charge in [0.25, 0.3) is 0 Å². The van der Waals surface area contributed by atoms with Crippen molar-refractivity contribution in [1.82, 2.24) is 4.98 Å². The van der Waals surface area contributed by atoms with Crippen LogP contribution in [0.25, 0.3) is 0 Å². The third-order valence-corrected chi connectivity index (χ3v) is 4.97. The zero-order valence-electron chi connectivity index (χ0n) is 12.6. The van der Waals surface area contributed by atoms with Gasteiger partial charge in [-0.1, -0.05) is 0 Å². The standard InChI is InChI=1S/C17H24N4/c18-16(19)14-8-13-2-1-3-15(13)20-17(14)21(9-11-4-5-11)10-12-6-7-12/h8,11-12H,1-7,9-10H2,(H3,18,19). The van der Waals surface area contributed by atoms with Crippen molar-refractivity contribution < 1.29 is 0 Å². The summed E-state index contributed by atoms with van der Waals surface area (Å²) in [7, 11) is 0. The summed E-state index contributed by atoms with van der Waals surface area (Å²) in [5.74, 6) is 2.82. The van der Waals surface area contributed by atoms with Crippen LogP contribution < -0.4 is 10.6 Å². The molecule has 0 amide bonds. The van der Waals surface area contributed by atoms with Crippen LogP contribution in [-0.4, -0.2) is 23.9 Å². The van der Waals surface area contributed by atoms with E-state index in [9.17, 15) is 0 Å². The van der Waals surface area contributed by atoms with E-state index in [1.807, 2.05) is 0 Å². The maximum atomic E-state index is 7.94. The minimum atomic E-state index is 0.170. The van der Waals surface area contributed by atoms with Crippen LogP contribution in [0, 0.1) is 17.2 Å². The van der Waals surface area contributed by atoms with E-state index in [1.165, 1.54) is 43.4 Å². The van der Waals surface area contributed by atoms with E-state index < -0.39 is 0 Å². The predicted molar refractivity (Wildman–Crippen MR) is 84.9 cm³/mol. The molecule has 3 aliphatic rings. The Kier molecular flexibility index (Phi) is 3.12. The van der Waals surface area contributed by atoms with Gasteiger partial charge in [0.15, 0.2) is 0 Å². The van der Waals surface area contributed by atoms with Gasteiger partial charge in [-0.3, -0.25) is 5.41 Å². The van der Waals surface area contributed by atoms with Gasteiger partial charge >= 0.3 is 0 Å². The lowest BCUT2D eigenvalue weighted by Gasteiger charge is -2.26. The van der Waals surface area contributed by atoms with E-state index in [0.29, 0.717) is 0 Å². The molecule has 4 rings (SSSR count). The number of hydrogen-bond acceptors (Lipinski definition) is 3. The molecule has 3 N–H and O–H groups in total. The number of rotatable bonds is 6. The maximum Gasteiger partial charge on any atom is 0.139 e. The molecule has 2 fully saturated rings. The van der Waals surface area contributed by atoms with Gasteiger partial charge < -0.3 is 10.6 Å². The zero-order chi connectivity index (χ0) is 14.4. The van der Waals surface area contributed by atoms with Gasteiger partial charge in [-0.05, 0) is 68.4 Å². The van der Waals surface area contributed by atoms with E-state index >= 15 is 0 Å². The van der Waals surface area contributed by atoms with Crippen molar-refractivity contribution >= 4 is 11.7 Å². The second-order valence-electron chi connectivity index (χ2n) is 7.02. The Morgan fingerprint density at radius 2 is 1.86 bits per heavy atom. The molecule has 4 heteroatoms. The molecule has 3 aliphatic carbocycles. The molecule has 0 unspecified atom stereocenters. The molecule has 0 aliphatic heterocycles. The summed E-state index contributed by atoms with van der Waals surface area (Å²) in [6.45, 7) is 2.20. The second-order valence-corrected chi connectivity index (χ2v) is 7.02. The summed E-state index contributed by atoms with van der Waals surface area (Å²) >= 11 is 0. The molecule has 112 valence electrons. The topological polar surface area (TPSA) is 66.0 Å². The van der Waals surface area contributed by atoms with Crippen LogP contribution in [0.2, 0.25) is 0 Å². The van der Waals surface area contributed by atoms with Crippen molar-refractivity contribution in [1.29, 1.82) is 5.41 Å². The third kappa shape index (κ3) is 2.76. The first-order chi connectivity index (χ1) is 10.2. The van der Waals surface area contributed by atoms with Gasteiger partial charge in [-0.25, -0.2) is 4.98 Å². The Hall–Kier alpha value is -1.58. The normalized spacial score (nSPS) is 20.4. The van der Waals surface area contributed by atoms with Crippen molar-refractivity contribution in [2.45, 2.75) is 44.9 Å². The molecule has 0 aromatic carbocycles. The summed E-state index contributed by atoms with van der Waals surface area (Å²) in [6.07, 6.45) is 8.76. The monoisotopic (exact) mass is 284 g/mol. The number of nitrogens with one attached hydrogen (secondary N) is 1.